The molecule has 2 heterocycles. The molecule has 4 aliphatic carbocycles. The first-order valence-corrected chi connectivity index (χ1v) is 13.6. The number of nitrogens with one attached hydrogen (secondary N) is 1. The molecule has 1 N–H and O–H groups in total. The number of nitriles is 2. The minimum Gasteiger partial charge on any atom is -0.351 e. The van der Waals surface area contributed by atoms with Gasteiger partial charge in [-0.3, -0.25) is 4.79 Å². The molecule has 2 aromatic carbocycles. The third-order valence-electron chi connectivity index (χ3n) is 10.3. The summed E-state index contributed by atoms with van der Waals surface area (Å²) in [5, 5.41) is 24.0. The Kier molecular flexibility index (Phi) is 4.78. The number of carbonyl (C=O) groups excluding carboxylic acids is 1. The highest BCUT2D eigenvalue weighted by molar-refractivity contribution is 5.93. The van der Waals surface area contributed by atoms with Crippen molar-refractivity contribution in [3.05, 3.63) is 54.1 Å². The third-order valence-corrected chi connectivity index (χ3v) is 10.3. The molecule has 2 aliphatic heterocycles. The number of anilines is 1. The topological polar surface area (TPSA) is 79.9 Å². The molecule has 5 fully saturated rings. The maximum absolute atomic E-state index is 14.1. The van der Waals surface area contributed by atoms with E-state index in [9.17, 15) is 15.3 Å². The van der Waals surface area contributed by atoms with E-state index in [1.54, 1.807) is 0 Å². The fourth-order valence-corrected chi connectivity index (χ4v) is 9.23. The molecule has 6 aliphatic rings. The van der Waals surface area contributed by atoms with E-state index in [4.69, 9.17) is 0 Å². The molecule has 5 atom stereocenters. The van der Waals surface area contributed by atoms with Crippen molar-refractivity contribution < 1.29 is 4.79 Å². The molecule has 8 rings (SSSR count). The Labute approximate surface area is 213 Å². The zero-order valence-corrected chi connectivity index (χ0v) is 20.7. The van der Waals surface area contributed by atoms with Gasteiger partial charge in [0.1, 0.15) is 6.04 Å². The SMILES string of the molecule is CC(NC(=O)[C@H]1[C@@H](C#N)[C@H](C#N)[C@H]2c3ccccc3-c3ccccc3N21)C12CC3CC(CC(C3)C1)C2. The Balaban J connectivity index is 1.26. The summed E-state index contributed by atoms with van der Waals surface area (Å²) in [6.45, 7) is 2.19. The van der Waals surface area contributed by atoms with Crippen LogP contribution in [0, 0.1) is 57.7 Å². The highest BCUT2D eigenvalue weighted by Gasteiger charge is 2.57. The van der Waals surface area contributed by atoms with E-state index >= 15 is 0 Å². The average Bonchev–Trinajstić information content (AvgIpc) is 3.23. The van der Waals surface area contributed by atoms with Gasteiger partial charge in [0.2, 0.25) is 5.91 Å². The van der Waals surface area contributed by atoms with Gasteiger partial charge in [-0.05, 0) is 85.8 Å². The van der Waals surface area contributed by atoms with Crippen LogP contribution in [0.1, 0.15) is 57.1 Å². The van der Waals surface area contributed by atoms with Gasteiger partial charge in [0.05, 0.1) is 30.0 Å². The van der Waals surface area contributed by atoms with E-state index in [0.717, 1.165) is 40.1 Å². The van der Waals surface area contributed by atoms with Crippen LogP contribution >= 0.6 is 0 Å². The second kappa shape index (κ2) is 7.84. The quantitative estimate of drug-likeness (QED) is 0.626. The lowest BCUT2D eigenvalue weighted by Gasteiger charge is -2.59. The number of rotatable bonds is 3. The monoisotopic (exact) mass is 476 g/mol. The molecule has 4 saturated carbocycles. The first-order valence-electron chi connectivity index (χ1n) is 13.6. The first kappa shape index (κ1) is 21.9. The number of carbonyl (C=O) groups is 1. The standard InChI is InChI=1S/C31H32N4O/c1-18(31-13-19-10-20(14-31)12-21(11-19)15-31)34-30(36)29-26(17-33)25(16-32)28-24-8-3-2-6-22(24)23-7-4-5-9-27(23)35(28)29/h2-9,18-21,25-26,28-29H,10-15H2,1H3,(H,34,36)/t18?,19?,20?,21?,25-,26-,28+,29+,31?/m0/s1. The lowest BCUT2D eigenvalue weighted by molar-refractivity contribution is -0.127. The number of fused-ring (bicyclic) bond motifs is 6. The summed E-state index contributed by atoms with van der Waals surface area (Å²) in [7, 11) is 0. The molecule has 0 aromatic heterocycles. The van der Waals surface area contributed by atoms with Crippen LogP contribution < -0.4 is 10.2 Å². The Morgan fingerprint density at radius 2 is 1.50 bits per heavy atom. The lowest BCUT2D eigenvalue weighted by Crippen LogP contribution is -2.58. The minimum atomic E-state index is -0.692. The fourth-order valence-electron chi connectivity index (χ4n) is 9.23. The largest absolute Gasteiger partial charge is 0.351 e. The fraction of sp³-hybridized carbons (Fsp3) is 0.516. The van der Waals surface area contributed by atoms with Crippen molar-refractivity contribution in [2.45, 2.75) is 63.6 Å². The highest BCUT2D eigenvalue weighted by Crippen LogP contribution is 2.61. The van der Waals surface area contributed by atoms with E-state index in [2.05, 4.69) is 47.5 Å². The van der Waals surface area contributed by atoms with Crippen molar-refractivity contribution >= 4 is 11.6 Å². The molecule has 1 saturated heterocycles. The van der Waals surface area contributed by atoms with Gasteiger partial charge in [-0.2, -0.15) is 10.5 Å². The summed E-state index contributed by atoms with van der Waals surface area (Å²) in [5.74, 6) is 1.07. The van der Waals surface area contributed by atoms with Crippen LogP contribution in [0.3, 0.4) is 0 Å². The predicted octanol–water partition coefficient (Wildman–Crippen LogP) is 5.60. The van der Waals surface area contributed by atoms with Crippen LogP contribution in [-0.4, -0.2) is 18.0 Å². The van der Waals surface area contributed by atoms with Gasteiger partial charge < -0.3 is 10.2 Å². The van der Waals surface area contributed by atoms with Crippen LogP contribution in [0.4, 0.5) is 5.69 Å². The summed E-state index contributed by atoms with van der Waals surface area (Å²) in [4.78, 5) is 16.2. The van der Waals surface area contributed by atoms with Crippen molar-refractivity contribution in [3.8, 4) is 23.3 Å². The maximum atomic E-state index is 14.1. The Bertz CT molecular complexity index is 1280. The second-order valence-corrected chi connectivity index (χ2v) is 12.2. The molecule has 0 spiro atoms. The van der Waals surface area contributed by atoms with Gasteiger partial charge in [0.15, 0.2) is 0 Å². The van der Waals surface area contributed by atoms with Crippen molar-refractivity contribution in [1.29, 1.82) is 10.5 Å². The molecular weight excluding hydrogens is 444 g/mol. The Hall–Kier alpha value is -3.31. The number of nitrogens with zero attached hydrogens (tertiary/aromatic N) is 3. The first-order chi connectivity index (χ1) is 17.5. The number of benzene rings is 2. The van der Waals surface area contributed by atoms with Crippen LogP contribution in [0.15, 0.2) is 48.5 Å². The second-order valence-electron chi connectivity index (χ2n) is 12.2. The molecular formula is C31H32N4O. The van der Waals surface area contributed by atoms with Gasteiger partial charge in [-0.25, -0.2) is 0 Å². The number of amides is 1. The van der Waals surface area contributed by atoms with E-state index in [0.29, 0.717) is 0 Å². The van der Waals surface area contributed by atoms with E-state index in [1.807, 2.05) is 30.3 Å². The summed E-state index contributed by atoms with van der Waals surface area (Å²) in [6.07, 6.45) is 7.76. The third kappa shape index (κ3) is 2.95. The Morgan fingerprint density at radius 1 is 0.917 bits per heavy atom. The molecule has 182 valence electrons. The highest BCUT2D eigenvalue weighted by atomic mass is 16.2. The van der Waals surface area contributed by atoms with Crippen molar-refractivity contribution in [2.75, 3.05) is 4.90 Å². The minimum absolute atomic E-state index is 0.0737. The van der Waals surface area contributed by atoms with Gasteiger partial charge in [0, 0.05) is 17.3 Å². The van der Waals surface area contributed by atoms with Gasteiger partial charge >= 0.3 is 0 Å². The van der Waals surface area contributed by atoms with Crippen LogP contribution in [-0.2, 0) is 4.79 Å². The van der Waals surface area contributed by atoms with Gasteiger partial charge in [0.25, 0.3) is 0 Å². The number of hydrogen-bond acceptors (Lipinski definition) is 4. The molecule has 2 aromatic rings. The summed E-state index contributed by atoms with van der Waals surface area (Å²) in [6, 6.07) is 20.2. The number of para-hydroxylation sites is 1. The van der Waals surface area contributed by atoms with Crippen molar-refractivity contribution in [1.82, 2.24) is 5.32 Å². The molecule has 36 heavy (non-hydrogen) atoms. The van der Waals surface area contributed by atoms with E-state index in [1.165, 1.54) is 38.5 Å². The van der Waals surface area contributed by atoms with Gasteiger partial charge in [-0.1, -0.05) is 42.5 Å². The van der Waals surface area contributed by atoms with E-state index < -0.39 is 17.9 Å². The summed E-state index contributed by atoms with van der Waals surface area (Å²) >= 11 is 0. The molecule has 1 unspecified atom stereocenters. The van der Waals surface area contributed by atoms with Crippen LogP contribution in [0.25, 0.3) is 11.1 Å². The lowest BCUT2D eigenvalue weighted by atomic mass is 9.48. The molecule has 4 bridgehead atoms. The van der Waals surface area contributed by atoms with Gasteiger partial charge in [-0.15, -0.1) is 0 Å². The normalized spacial score (nSPS) is 37.8. The number of hydrogen-bond donors (Lipinski definition) is 1. The summed E-state index contributed by atoms with van der Waals surface area (Å²) < 4.78 is 0. The summed E-state index contributed by atoms with van der Waals surface area (Å²) in [5.41, 5.74) is 4.32. The van der Waals surface area contributed by atoms with Crippen molar-refractivity contribution in [3.63, 3.8) is 0 Å². The Morgan fingerprint density at radius 3 is 2.14 bits per heavy atom. The van der Waals surface area contributed by atoms with Crippen LogP contribution in [0.2, 0.25) is 0 Å². The molecule has 5 heteroatoms. The van der Waals surface area contributed by atoms with Crippen LogP contribution in [0.5, 0.6) is 0 Å². The predicted molar refractivity (Wildman–Crippen MR) is 137 cm³/mol. The smallest absolute Gasteiger partial charge is 0.244 e. The molecule has 0 radical (unpaired) electrons. The maximum Gasteiger partial charge on any atom is 0.244 e. The molecule has 5 nitrogen and oxygen atoms in total. The molecule has 1 amide bonds. The zero-order valence-electron chi connectivity index (χ0n) is 20.7. The van der Waals surface area contributed by atoms with Crippen molar-refractivity contribution in [2.24, 2.45) is 35.0 Å². The average molecular weight is 477 g/mol. The van der Waals surface area contributed by atoms with E-state index in [-0.39, 0.29) is 23.4 Å². The zero-order chi connectivity index (χ0) is 24.6.